The molecule has 2 N–H and O–H groups in total. The minimum Gasteiger partial charge on any atom is -0.352 e. The van der Waals surface area contributed by atoms with Crippen LogP contribution in [0.1, 0.15) is 25.3 Å². The average Bonchev–Trinajstić information content (AvgIpc) is 2.28. The van der Waals surface area contributed by atoms with Crippen LogP contribution in [0.25, 0.3) is 0 Å². The summed E-state index contributed by atoms with van der Waals surface area (Å²) in [6, 6.07) is 4.64. The van der Waals surface area contributed by atoms with E-state index in [-0.39, 0.29) is 0 Å². The monoisotopic (exact) mass is 219 g/mol. The molecule has 2 heterocycles. The summed E-state index contributed by atoms with van der Waals surface area (Å²) in [4.78, 5) is 6.84. The van der Waals surface area contributed by atoms with Crippen LogP contribution in [0.3, 0.4) is 0 Å². The van der Waals surface area contributed by atoms with Crippen LogP contribution in [0, 0.1) is 12.8 Å². The molecule has 1 aliphatic heterocycles. The van der Waals surface area contributed by atoms with Gasteiger partial charge in [-0.15, -0.1) is 0 Å². The third-order valence-corrected chi connectivity index (χ3v) is 3.55. The second-order valence-corrected chi connectivity index (χ2v) is 4.81. The van der Waals surface area contributed by atoms with Crippen molar-refractivity contribution < 1.29 is 0 Å². The molecular formula is C13H21N3. The molecule has 3 heteroatoms. The molecule has 1 aliphatic rings. The number of hydrogen-bond acceptors (Lipinski definition) is 3. The Hall–Kier alpha value is -1.09. The van der Waals surface area contributed by atoms with Gasteiger partial charge in [-0.05, 0) is 43.4 Å². The molecule has 0 amide bonds. The fourth-order valence-corrected chi connectivity index (χ4v) is 2.57. The van der Waals surface area contributed by atoms with Crippen LogP contribution in [-0.4, -0.2) is 24.1 Å². The van der Waals surface area contributed by atoms with Crippen molar-refractivity contribution in [2.24, 2.45) is 11.7 Å². The third-order valence-electron chi connectivity index (χ3n) is 3.55. The number of pyridine rings is 1. The van der Waals surface area contributed by atoms with Gasteiger partial charge in [-0.2, -0.15) is 0 Å². The van der Waals surface area contributed by atoms with Crippen molar-refractivity contribution in [1.82, 2.24) is 4.98 Å². The van der Waals surface area contributed by atoms with Crippen molar-refractivity contribution in [1.29, 1.82) is 0 Å². The Morgan fingerprint density at radius 3 is 3.06 bits per heavy atom. The topological polar surface area (TPSA) is 42.2 Å². The largest absolute Gasteiger partial charge is 0.352 e. The highest BCUT2D eigenvalue weighted by molar-refractivity contribution is 5.42. The highest BCUT2D eigenvalue weighted by Crippen LogP contribution is 2.27. The summed E-state index contributed by atoms with van der Waals surface area (Å²) < 4.78 is 0. The highest BCUT2D eigenvalue weighted by atomic mass is 15.2. The van der Waals surface area contributed by atoms with Gasteiger partial charge in [-0.3, -0.25) is 0 Å². The van der Waals surface area contributed by atoms with Crippen LogP contribution in [0.4, 0.5) is 5.82 Å². The maximum atomic E-state index is 5.89. The van der Waals surface area contributed by atoms with E-state index in [1.807, 2.05) is 12.3 Å². The van der Waals surface area contributed by atoms with Crippen molar-refractivity contribution in [2.75, 3.05) is 18.0 Å². The van der Waals surface area contributed by atoms with Gasteiger partial charge in [-0.25, -0.2) is 4.98 Å². The number of aryl methyl sites for hydroxylation is 1. The number of hydrogen-bond donors (Lipinski definition) is 1. The first-order valence-corrected chi connectivity index (χ1v) is 6.11. The van der Waals surface area contributed by atoms with Crippen molar-refractivity contribution >= 4 is 5.82 Å². The minimum absolute atomic E-state index is 0.447. The Balaban J connectivity index is 2.24. The molecule has 1 aromatic rings. The van der Waals surface area contributed by atoms with Crippen LogP contribution in [0.5, 0.6) is 0 Å². The Kier molecular flexibility index (Phi) is 3.44. The zero-order valence-electron chi connectivity index (χ0n) is 10.2. The predicted molar refractivity (Wildman–Crippen MR) is 67.6 cm³/mol. The van der Waals surface area contributed by atoms with E-state index in [4.69, 9.17) is 5.73 Å². The van der Waals surface area contributed by atoms with E-state index in [9.17, 15) is 0 Å². The van der Waals surface area contributed by atoms with Crippen molar-refractivity contribution in [3.05, 3.63) is 23.9 Å². The van der Waals surface area contributed by atoms with Crippen LogP contribution < -0.4 is 10.6 Å². The quantitative estimate of drug-likeness (QED) is 0.826. The molecule has 0 aliphatic carbocycles. The van der Waals surface area contributed by atoms with Crippen molar-refractivity contribution in [2.45, 2.75) is 32.7 Å². The molecule has 0 radical (unpaired) electrons. The molecule has 3 nitrogen and oxygen atoms in total. The van der Waals surface area contributed by atoms with Gasteiger partial charge in [0.2, 0.25) is 0 Å². The molecule has 0 aromatic carbocycles. The first kappa shape index (κ1) is 11.4. The third kappa shape index (κ3) is 2.19. The summed E-state index contributed by atoms with van der Waals surface area (Å²) in [5.41, 5.74) is 7.15. The second-order valence-electron chi connectivity index (χ2n) is 4.81. The van der Waals surface area contributed by atoms with Gasteiger partial charge in [0, 0.05) is 25.3 Å². The molecule has 2 rings (SSSR count). The molecule has 0 bridgehead atoms. The zero-order chi connectivity index (χ0) is 11.5. The Bertz CT molecular complexity index is 351. The van der Waals surface area contributed by atoms with Crippen LogP contribution in [0.15, 0.2) is 18.3 Å². The lowest BCUT2D eigenvalue weighted by atomic mass is 9.91. The number of piperidine rings is 1. The molecule has 1 saturated heterocycles. The number of nitrogens with two attached hydrogens (primary N) is 1. The standard InChI is InChI=1S/C13H21N3/c1-10-5-6-15-13(8-10)16-7-3-4-11(2)12(16)9-14/h5-6,8,11-12H,3-4,7,9,14H2,1-2H3. The van der Waals surface area contributed by atoms with Gasteiger partial charge in [0.1, 0.15) is 5.82 Å². The summed E-state index contributed by atoms with van der Waals surface area (Å²) >= 11 is 0. The fraction of sp³-hybridized carbons (Fsp3) is 0.615. The molecule has 1 fully saturated rings. The fourth-order valence-electron chi connectivity index (χ4n) is 2.57. The Morgan fingerprint density at radius 2 is 2.38 bits per heavy atom. The number of nitrogens with zero attached hydrogens (tertiary/aromatic N) is 2. The van der Waals surface area contributed by atoms with Gasteiger partial charge in [0.05, 0.1) is 0 Å². The van der Waals surface area contributed by atoms with Crippen molar-refractivity contribution in [3.8, 4) is 0 Å². The number of aromatic nitrogens is 1. The second kappa shape index (κ2) is 4.83. The lowest BCUT2D eigenvalue weighted by molar-refractivity contribution is 0.348. The van der Waals surface area contributed by atoms with Crippen molar-refractivity contribution in [3.63, 3.8) is 0 Å². The zero-order valence-corrected chi connectivity index (χ0v) is 10.2. The van der Waals surface area contributed by atoms with E-state index in [2.05, 4.69) is 29.8 Å². The first-order chi connectivity index (χ1) is 7.72. The van der Waals surface area contributed by atoms with Gasteiger partial charge in [0.15, 0.2) is 0 Å². The van der Waals surface area contributed by atoms with Gasteiger partial charge in [-0.1, -0.05) is 6.92 Å². The van der Waals surface area contributed by atoms with E-state index < -0.39 is 0 Å². The molecular weight excluding hydrogens is 198 g/mol. The normalized spacial score (nSPS) is 25.8. The smallest absolute Gasteiger partial charge is 0.129 e. The lowest BCUT2D eigenvalue weighted by Crippen LogP contribution is -2.49. The summed E-state index contributed by atoms with van der Waals surface area (Å²) in [7, 11) is 0. The SMILES string of the molecule is Cc1ccnc(N2CCCC(C)C2CN)c1. The van der Waals surface area contributed by atoms with E-state index in [1.165, 1.54) is 18.4 Å². The Morgan fingerprint density at radius 1 is 1.56 bits per heavy atom. The van der Waals surface area contributed by atoms with E-state index >= 15 is 0 Å². The molecule has 88 valence electrons. The van der Waals surface area contributed by atoms with Crippen LogP contribution in [-0.2, 0) is 0 Å². The highest BCUT2D eigenvalue weighted by Gasteiger charge is 2.28. The molecule has 16 heavy (non-hydrogen) atoms. The summed E-state index contributed by atoms with van der Waals surface area (Å²) in [5.74, 6) is 1.75. The van der Waals surface area contributed by atoms with Gasteiger partial charge in [0.25, 0.3) is 0 Å². The molecule has 2 unspecified atom stereocenters. The van der Waals surface area contributed by atoms with E-state index in [1.54, 1.807) is 0 Å². The average molecular weight is 219 g/mol. The number of anilines is 1. The van der Waals surface area contributed by atoms with E-state index in [0.717, 1.165) is 18.9 Å². The van der Waals surface area contributed by atoms with Gasteiger partial charge < -0.3 is 10.6 Å². The van der Waals surface area contributed by atoms with Crippen LogP contribution in [0.2, 0.25) is 0 Å². The van der Waals surface area contributed by atoms with E-state index in [0.29, 0.717) is 12.0 Å². The molecule has 1 aromatic heterocycles. The molecule has 0 spiro atoms. The predicted octanol–water partition coefficient (Wildman–Crippen LogP) is 1.95. The molecule has 2 atom stereocenters. The lowest BCUT2D eigenvalue weighted by Gasteiger charge is -2.40. The Labute approximate surface area is 97.7 Å². The summed E-state index contributed by atoms with van der Waals surface area (Å²) in [6.45, 7) is 6.20. The molecule has 0 saturated carbocycles. The maximum Gasteiger partial charge on any atom is 0.129 e. The maximum absolute atomic E-state index is 5.89. The minimum atomic E-state index is 0.447. The van der Waals surface area contributed by atoms with Crippen LogP contribution >= 0.6 is 0 Å². The summed E-state index contributed by atoms with van der Waals surface area (Å²) in [5, 5.41) is 0. The van der Waals surface area contributed by atoms with Gasteiger partial charge >= 0.3 is 0 Å². The number of rotatable bonds is 2. The summed E-state index contributed by atoms with van der Waals surface area (Å²) in [6.07, 6.45) is 4.41. The first-order valence-electron chi connectivity index (χ1n) is 6.11.